The van der Waals surface area contributed by atoms with Gasteiger partial charge in [0.05, 0.1) is 11.4 Å². The van der Waals surface area contributed by atoms with Gasteiger partial charge in [0.1, 0.15) is 0 Å². The standard InChI is InChI=1S/C22H28N4O/c27-22(10-15-24-13-4-1-5-14-24)26-17-16-25(18-19-8-11-23-12-9-19)20-6-2-3-7-21(20)26/h2-3,6-9,11-12H,1,4-5,10,13-18H2. The number of carbonyl (C=O) groups is 1. The summed E-state index contributed by atoms with van der Waals surface area (Å²) < 4.78 is 0. The zero-order chi connectivity index (χ0) is 18.5. The number of likely N-dealkylation sites (tertiary alicyclic amines) is 1. The van der Waals surface area contributed by atoms with Crippen LogP contribution in [0, 0.1) is 0 Å². The van der Waals surface area contributed by atoms with Gasteiger partial charge in [0.2, 0.25) is 5.91 Å². The summed E-state index contributed by atoms with van der Waals surface area (Å²) in [6.07, 6.45) is 8.15. The Morgan fingerprint density at radius 2 is 1.63 bits per heavy atom. The Morgan fingerprint density at radius 3 is 2.41 bits per heavy atom. The lowest BCUT2D eigenvalue weighted by Crippen LogP contribution is -2.45. The molecule has 3 heterocycles. The summed E-state index contributed by atoms with van der Waals surface area (Å²) in [5.41, 5.74) is 3.43. The molecule has 2 aromatic rings. The normalized spacial score (nSPS) is 17.6. The molecule has 0 radical (unpaired) electrons. The number of hydrogen-bond acceptors (Lipinski definition) is 4. The number of fused-ring (bicyclic) bond motifs is 1. The maximum Gasteiger partial charge on any atom is 0.228 e. The summed E-state index contributed by atoms with van der Waals surface area (Å²) in [5, 5.41) is 0. The molecule has 0 aliphatic carbocycles. The van der Waals surface area contributed by atoms with Crippen LogP contribution in [0.1, 0.15) is 31.2 Å². The van der Waals surface area contributed by atoms with Crippen LogP contribution in [0.5, 0.6) is 0 Å². The van der Waals surface area contributed by atoms with Crippen molar-refractivity contribution in [3.05, 3.63) is 54.4 Å². The summed E-state index contributed by atoms with van der Waals surface area (Å²) >= 11 is 0. The maximum atomic E-state index is 12.9. The Bertz CT molecular complexity index is 758. The molecule has 5 nitrogen and oxygen atoms in total. The van der Waals surface area contributed by atoms with Crippen LogP contribution in [0.3, 0.4) is 0 Å². The van der Waals surface area contributed by atoms with Crippen LogP contribution in [0.15, 0.2) is 48.8 Å². The van der Waals surface area contributed by atoms with E-state index in [1.54, 1.807) is 0 Å². The Kier molecular flexibility index (Phi) is 5.68. The average Bonchev–Trinajstić information content (AvgIpc) is 2.74. The number of rotatable bonds is 5. The number of piperidine rings is 1. The first-order chi connectivity index (χ1) is 13.3. The van der Waals surface area contributed by atoms with E-state index in [0.717, 1.165) is 50.6 Å². The van der Waals surface area contributed by atoms with E-state index >= 15 is 0 Å². The summed E-state index contributed by atoms with van der Waals surface area (Å²) in [4.78, 5) is 23.8. The van der Waals surface area contributed by atoms with Gasteiger partial charge in [-0.15, -0.1) is 0 Å². The van der Waals surface area contributed by atoms with Gasteiger partial charge in [-0.3, -0.25) is 9.78 Å². The second-order valence-corrected chi connectivity index (χ2v) is 7.46. The molecule has 2 aliphatic rings. The molecule has 1 saturated heterocycles. The Morgan fingerprint density at radius 1 is 0.889 bits per heavy atom. The van der Waals surface area contributed by atoms with Crippen molar-refractivity contribution in [3.63, 3.8) is 0 Å². The van der Waals surface area contributed by atoms with Crippen LogP contribution in [-0.2, 0) is 11.3 Å². The van der Waals surface area contributed by atoms with E-state index in [9.17, 15) is 4.79 Å². The summed E-state index contributed by atoms with van der Waals surface area (Å²) in [6.45, 7) is 5.62. The minimum atomic E-state index is 0.247. The first-order valence-corrected chi connectivity index (χ1v) is 10.1. The first kappa shape index (κ1) is 18.0. The highest BCUT2D eigenvalue weighted by Gasteiger charge is 2.26. The lowest BCUT2D eigenvalue weighted by Gasteiger charge is -2.38. The Hall–Kier alpha value is -2.40. The number of carbonyl (C=O) groups excluding carboxylic acids is 1. The third kappa shape index (κ3) is 4.30. The summed E-state index contributed by atoms with van der Waals surface area (Å²) in [5.74, 6) is 0.247. The van der Waals surface area contributed by atoms with Crippen LogP contribution in [-0.4, -0.2) is 48.5 Å². The van der Waals surface area contributed by atoms with Crippen molar-refractivity contribution in [3.8, 4) is 0 Å². The fraction of sp³-hybridized carbons (Fsp3) is 0.455. The third-order valence-electron chi connectivity index (χ3n) is 5.62. The van der Waals surface area contributed by atoms with Crippen LogP contribution >= 0.6 is 0 Å². The number of benzene rings is 1. The van der Waals surface area contributed by atoms with Crippen LogP contribution in [0.4, 0.5) is 11.4 Å². The van der Waals surface area contributed by atoms with E-state index in [-0.39, 0.29) is 5.91 Å². The Labute approximate surface area is 161 Å². The zero-order valence-electron chi connectivity index (χ0n) is 15.9. The predicted molar refractivity (Wildman–Crippen MR) is 109 cm³/mol. The maximum absolute atomic E-state index is 12.9. The van der Waals surface area contributed by atoms with Crippen molar-refractivity contribution < 1.29 is 4.79 Å². The summed E-state index contributed by atoms with van der Waals surface area (Å²) in [6, 6.07) is 12.4. The molecule has 5 heteroatoms. The van der Waals surface area contributed by atoms with E-state index < -0.39 is 0 Å². The van der Waals surface area contributed by atoms with E-state index in [1.165, 1.54) is 24.8 Å². The number of nitrogens with zero attached hydrogens (tertiary/aromatic N) is 4. The largest absolute Gasteiger partial charge is 0.364 e. The van der Waals surface area contributed by atoms with Gasteiger partial charge in [-0.2, -0.15) is 0 Å². The monoisotopic (exact) mass is 364 g/mol. The smallest absolute Gasteiger partial charge is 0.228 e. The van der Waals surface area contributed by atoms with Gasteiger partial charge < -0.3 is 14.7 Å². The molecule has 142 valence electrons. The lowest BCUT2D eigenvalue weighted by atomic mass is 10.1. The number of pyridine rings is 1. The zero-order valence-corrected chi connectivity index (χ0v) is 15.9. The van der Waals surface area contributed by atoms with E-state index in [0.29, 0.717) is 6.42 Å². The topological polar surface area (TPSA) is 39.7 Å². The minimum absolute atomic E-state index is 0.247. The highest BCUT2D eigenvalue weighted by atomic mass is 16.2. The van der Waals surface area contributed by atoms with E-state index in [4.69, 9.17) is 0 Å². The molecule has 1 aromatic carbocycles. The molecule has 0 bridgehead atoms. The highest BCUT2D eigenvalue weighted by molar-refractivity contribution is 5.98. The quantitative estimate of drug-likeness (QED) is 0.816. The second-order valence-electron chi connectivity index (χ2n) is 7.46. The highest BCUT2D eigenvalue weighted by Crippen LogP contribution is 2.34. The molecular weight excluding hydrogens is 336 g/mol. The number of aromatic nitrogens is 1. The van der Waals surface area contributed by atoms with E-state index in [2.05, 4.69) is 45.1 Å². The molecule has 4 rings (SSSR count). The molecular formula is C22H28N4O. The Balaban J connectivity index is 1.44. The minimum Gasteiger partial charge on any atom is -0.364 e. The molecule has 0 atom stereocenters. The molecule has 1 fully saturated rings. The molecule has 2 aliphatic heterocycles. The number of anilines is 2. The number of para-hydroxylation sites is 2. The molecule has 1 amide bonds. The van der Waals surface area contributed by atoms with E-state index in [1.807, 2.05) is 23.4 Å². The van der Waals surface area contributed by atoms with Gasteiger partial charge in [0, 0.05) is 45.0 Å². The van der Waals surface area contributed by atoms with Crippen LogP contribution in [0.2, 0.25) is 0 Å². The molecule has 0 N–H and O–H groups in total. The first-order valence-electron chi connectivity index (χ1n) is 10.1. The summed E-state index contributed by atoms with van der Waals surface area (Å²) in [7, 11) is 0. The SMILES string of the molecule is O=C(CCN1CCCCC1)N1CCN(Cc2ccncc2)c2ccccc21. The van der Waals surface area contributed by atoms with Crippen LogP contribution < -0.4 is 9.80 Å². The molecule has 27 heavy (non-hydrogen) atoms. The predicted octanol–water partition coefficient (Wildman–Crippen LogP) is 3.31. The van der Waals surface area contributed by atoms with Gasteiger partial charge in [-0.05, 0) is 55.8 Å². The van der Waals surface area contributed by atoms with Crippen molar-refractivity contribution in [2.75, 3.05) is 42.5 Å². The molecule has 0 spiro atoms. The van der Waals surface area contributed by atoms with Gasteiger partial charge >= 0.3 is 0 Å². The van der Waals surface area contributed by atoms with Crippen molar-refractivity contribution in [2.24, 2.45) is 0 Å². The number of amides is 1. The van der Waals surface area contributed by atoms with Gasteiger partial charge in [0.15, 0.2) is 0 Å². The number of hydrogen-bond donors (Lipinski definition) is 0. The molecule has 0 saturated carbocycles. The van der Waals surface area contributed by atoms with Crippen molar-refractivity contribution in [2.45, 2.75) is 32.2 Å². The van der Waals surface area contributed by atoms with Crippen molar-refractivity contribution >= 4 is 17.3 Å². The second kappa shape index (κ2) is 8.53. The average molecular weight is 364 g/mol. The fourth-order valence-electron chi connectivity index (χ4n) is 4.13. The van der Waals surface area contributed by atoms with Gasteiger partial charge in [-0.1, -0.05) is 18.6 Å². The fourth-order valence-corrected chi connectivity index (χ4v) is 4.13. The van der Waals surface area contributed by atoms with Gasteiger partial charge in [0.25, 0.3) is 0 Å². The molecule has 1 aromatic heterocycles. The van der Waals surface area contributed by atoms with Crippen molar-refractivity contribution in [1.82, 2.24) is 9.88 Å². The third-order valence-corrected chi connectivity index (χ3v) is 5.62. The lowest BCUT2D eigenvalue weighted by molar-refractivity contribution is -0.119. The molecule has 0 unspecified atom stereocenters. The van der Waals surface area contributed by atoms with Crippen LogP contribution in [0.25, 0.3) is 0 Å². The van der Waals surface area contributed by atoms with Crippen molar-refractivity contribution in [1.29, 1.82) is 0 Å². The van der Waals surface area contributed by atoms with Gasteiger partial charge in [-0.25, -0.2) is 0 Å².